The molecule has 3 aliphatic rings. The highest BCUT2D eigenvalue weighted by Crippen LogP contribution is 2.45. The predicted octanol–water partition coefficient (Wildman–Crippen LogP) is 2.89. The highest BCUT2D eigenvalue weighted by molar-refractivity contribution is 6.49. The highest BCUT2D eigenvalue weighted by atomic mass is 19.1. The molecule has 3 rings (SSSR count). The molecule has 0 spiro atoms. The Kier molecular flexibility index (Phi) is 3.31. The number of ether oxygens (including phenoxy) is 1. The SMILES string of the molecule is CC1(C)OB(C2C(F)=CN=CC2OC2CC2)OC1(C)C. The van der Waals surface area contributed by atoms with Crippen LogP contribution in [0.25, 0.3) is 0 Å². The Morgan fingerprint density at radius 2 is 1.85 bits per heavy atom. The maximum Gasteiger partial charge on any atom is 0.471 e. The summed E-state index contributed by atoms with van der Waals surface area (Å²) in [5.41, 5.74) is -0.951. The standard InChI is InChI=1S/C14H21BFNO3/c1-13(2)14(3,4)20-15(19-13)12-10(16)7-17-8-11(12)18-9-5-6-9/h7-9,11-12H,5-6H2,1-4H3. The molecule has 2 aliphatic heterocycles. The zero-order valence-electron chi connectivity index (χ0n) is 12.4. The van der Waals surface area contributed by atoms with Gasteiger partial charge < -0.3 is 14.0 Å². The molecule has 1 saturated heterocycles. The van der Waals surface area contributed by atoms with Crippen LogP contribution in [0.3, 0.4) is 0 Å². The Balaban J connectivity index is 1.80. The fraction of sp³-hybridized carbons (Fsp3) is 0.786. The third kappa shape index (κ3) is 2.45. The van der Waals surface area contributed by atoms with E-state index in [0.717, 1.165) is 12.8 Å². The number of hydrogen-bond acceptors (Lipinski definition) is 4. The lowest BCUT2D eigenvalue weighted by Gasteiger charge is -2.32. The van der Waals surface area contributed by atoms with Crippen LogP contribution in [0.1, 0.15) is 40.5 Å². The number of halogens is 1. The van der Waals surface area contributed by atoms with Crippen molar-refractivity contribution in [1.29, 1.82) is 0 Å². The first-order valence-corrected chi connectivity index (χ1v) is 7.20. The van der Waals surface area contributed by atoms with Crippen LogP contribution in [0.15, 0.2) is 17.0 Å². The van der Waals surface area contributed by atoms with E-state index in [-0.39, 0.29) is 11.9 Å². The maximum atomic E-state index is 14.2. The van der Waals surface area contributed by atoms with Crippen molar-refractivity contribution in [3.63, 3.8) is 0 Å². The average Bonchev–Trinajstić information content (AvgIpc) is 3.07. The zero-order chi connectivity index (χ0) is 14.5. The summed E-state index contributed by atoms with van der Waals surface area (Å²) in [4.78, 5) is 3.92. The Hall–Kier alpha value is -0.715. The van der Waals surface area contributed by atoms with E-state index in [4.69, 9.17) is 14.0 Å². The summed E-state index contributed by atoms with van der Waals surface area (Å²) in [6.07, 6.45) is 4.75. The van der Waals surface area contributed by atoms with Crippen molar-refractivity contribution < 1.29 is 18.4 Å². The monoisotopic (exact) mass is 281 g/mol. The van der Waals surface area contributed by atoms with E-state index in [9.17, 15) is 4.39 Å². The van der Waals surface area contributed by atoms with E-state index < -0.39 is 30.2 Å². The van der Waals surface area contributed by atoms with Gasteiger partial charge in [-0.15, -0.1) is 0 Å². The molecule has 110 valence electrons. The molecule has 1 saturated carbocycles. The molecule has 2 unspecified atom stereocenters. The van der Waals surface area contributed by atoms with E-state index in [0.29, 0.717) is 0 Å². The second-order valence-electron chi connectivity index (χ2n) is 6.76. The van der Waals surface area contributed by atoms with Gasteiger partial charge in [0.2, 0.25) is 0 Å². The molecule has 0 aromatic heterocycles. The largest absolute Gasteiger partial charge is 0.471 e. The Morgan fingerprint density at radius 3 is 2.40 bits per heavy atom. The quantitative estimate of drug-likeness (QED) is 0.747. The summed E-state index contributed by atoms with van der Waals surface area (Å²) in [5, 5.41) is 0. The molecule has 1 aliphatic carbocycles. The smallest absolute Gasteiger partial charge is 0.403 e. The summed E-state index contributed by atoms with van der Waals surface area (Å²) < 4.78 is 32.0. The van der Waals surface area contributed by atoms with E-state index in [1.54, 1.807) is 6.21 Å². The number of hydrogen-bond donors (Lipinski definition) is 0. The van der Waals surface area contributed by atoms with Gasteiger partial charge in [-0.25, -0.2) is 4.39 Å². The first kappa shape index (κ1) is 14.2. The van der Waals surface area contributed by atoms with Crippen LogP contribution in [0.2, 0.25) is 5.82 Å². The summed E-state index contributed by atoms with van der Waals surface area (Å²) in [7, 11) is -0.647. The molecule has 0 bridgehead atoms. The molecule has 0 aromatic carbocycles. The van der Waals surface area contributed by atoms with Crippen LogP contribution < -0.4 is 0 Å². The number of nitrogens with zero attached hydrogens (tertiary/aromatic N) is 1. The van der Waals surface area contributed by atoms with Crippen molar-refractivity contribution in [2.24, 2.45) is 4.99 Å². The van der Waals surface area contributed by atoms with Crippen LogP contribution in [-0.2, 0) is 14.0 Å². The zero-order valence-corrected chi connectivity index (χ0v) is 12.4. The van der Waals surface area contributed by atoms with Gasteiger partial charge >= 0.3 is 7.12 Å². The summed E-state index contributed by atoms with van der Waals surface area (Å²) >= 11 is 0. The minimum atomic E-state index is -0.647. The van der Waals surface area contributed by atoms with Gasteiger partial charge in [-0.3, -0.25) is 4.99 Å². The van der Waals surface area contributed by atoms with Gasteiger partial charge in [0.1, 0.15) is 11.9 Å². The average molecular weight is 281 g/mol. The summed E-state index contributed by atoms with van der Waals surface area (Å²) in [5.74, 6) is -0.911. The molecule has 6 heteroatoms. The van der Waals surface area contributed by atoms with E-state index >= 15 is 0 Å². The minimum Gasteiger partial charge on any atom is -0.403 e. The van der Waals surface area contributed by atoms with Crippen molar-refractivity contribution >= 4 is 13.3 Å². The maximum absolute atomic E-state index is 14.2. The molecule has 0 radical (unpaired) electrons. The van der Waals surface area contributed by atoms with Crippen LogP contribution in [0.4, 0.5) is 4.39 Å². The van der Waals surface area contributed by atoms with Crippen LogP contribution in [0, 0.1) is 0 Å². The van der Waals surface area contributed by atoms with Gasteiger partial charge in [-0.2, -0.15) is 0 Å². The fourth-order valence-electron chi connectivity index (χ4n) is 2.40. The molecule has 0 aromatic rings. The third-order valence-corrected chi connectivity index (χ3v) is 4.54. The van der Waals surface area contributed by atoms with Gasteiger partial charge in [0.05, 0.1) is 29.3 Å². The highest BCUT2D eigenvalue weighted by Gasteiger charge is 2.57. The molecule has 20 heavy (non-hydrogen) atoms. The molecular formula is C14H21BFNO3. The lowest BCUT2D eigenvalue weighted by Crippen LogP contribution is -2.41. The van der Waals surface area contributed by atoms with Gasteiger partial charge in [0.15, 0.2) is 0 Å². The van der Waals surface area contributed by atoms with E-state index in [2.05, 4.69) is 4.99 Å². The van der Waals surface area contributed by atoms with Crippen LogP contribution in [-0.4, -0.2) is 36.7 Å². The van der Waals surface area contributed by atoms with Gasteiger partial charge in [0.25, 0.3) is 0 Å². The molecular weight excluding hydrogens is 260 g/mol. The van der Waals surface area contributed by atoms with Gasteiger partial charge in [-0.05, 0) is 40.5 Å². The fourth-order valence-corrected chi connectivity index (χ4v) is 2.40. The molecule has 2 atom stereocenters. The van der Waals surface area contributed by atoms with Crippen LogP contribution in [0.5, 0.6) is 0 Å². The lowest BCUT2D eigenvalue weighted by molar-refractivity contribution is 0.00578. The molecule has 4 nitrogen and oxygen atoms in total. The molecule has 0 amide bonds. The van der Waals surface area contributed by atoms with Crippen LogP contribution >= 0.6 is 0 Å². The first-order valence-electron chi connectivity index (χ1n) is 7.20. The molecule has 2 heterocycles. The van der Waals surface area contributed by atoms with E-state index in [1.807, 2.05) is 27.7 Å². The summed E-state index contributed by atoms with van der Waals surface area (Å²) in [6, 6.07) is 0. The summed E-state index contributed by atoms with van der Waals surface area (Å²) in [6.45, 7) is 7.84. The van der Waals surface area contributed by atoms with Crippen molar-refractivity contribution in [3.8, 4) is 0 Å². The third-order valence-electron chi connectivity index (χ3n) is 4.54. The molecule has 2 fully saturated rings. The second kappa shape index (κ2) is 4.65. The first-order chi connectivity index (χ1) is 9.30. The Labute approximate surface area is 119 Å². The second-order valence-corrected chi connectivity index (χ2v) is 6.76. The topological polar surface area (TPSA) is 40.0 Å². The van der Waals surface area contributed by atoms with Gasteiger partial charge in [-0.1, -0.05) is 0 Å². The minimum absolute atomic E-state index is 0.224. The van der Waals surface area contributed by atoms with Crippen molar-refractivity contribution in [2.45, 2.75) is 69.8 Å². The Morgan fingerprint density at radius 1 is 1.25 bits per heavy atom. The van der Waals surface area contributed by atoms with E-state index in [1.165, 1.54) is 6.20 Å². The van der Waals surface area contributed by atoms with Crippen molar-refractivity contribution in [2.75, 3.05) is 0 Å². The molecule has 0 N–H and O–H groups in total. The Bertz CT molecular complexity index is 443. The van der Waals surface area contributed by atoms with Gasteiger partial charge in [0, 0.05) is 6.21 Å². The number of rotatable bonds is 3. The van der Waals surface area contributed by atoms with Crippen molar-refractivity contribution in [1.82, 2.24) is 0 Å². The van der Waals surface area contributed by atoms with Crippen molar-refractivity contribution in [3.05, 3.63) is 12.0 Å². The number of aliphatic imine (C=N–C) groups is 1. The lowest BCUT2D eigenvalue weighted by atomic mass is 9.67. The predicted molar refractivity (Wildman–Crippen MR) is 75.4 cm³/mol. The normalized spacial score (nSPS) is 35.2.